The second-order valence-electron chi connectivity index (χ2n) is 5.78. The maximum Gasteiger partial charge on any atom is 0.319 e. The zero-order valence-corrected chi connectivity index (χ0v) is 14.4. The molecule has 3 heterocycles. The SMILES string of the molecule is CCOc1ncccc1CNC(=O)Nc1cccnc1N1CCCC1. The molecule has 1 saturated heterocycles. The number of pyridine rings is 2. The van der Waals surface area contributed by atoms with E-state index in [0.717, 1.165) is 43.0 Å². The summed E-state index contributed by atoms with van der Waals surface area (Å²) >= 11 is 0. The highest BCUT2D eigenvalue weighted by molar-refractivity contribution is 5.92. The van der Waals surface area contributed by atoms with Gasteiger partial charge in [-0.15, -0.1) is 0 Å². The van der Waals surface area contributed by atoms with E-state index >= 15 is 0 Å². The van der Waals surface area contributed by atoms with E-state index in [1.165, 1.54) is 0 Å². The van der Waals surface area contributed by atoms with Gasteiger partial charge in [0.25, 0.3) is 0 Å². The van der Waals surface area contributed by atoms with Crippen molar-refractivity contribution in [2.75, 3.05) is 29.9 Å². The van der Waals surface area contributed by atoms with Crippen molar-refractivity contribution in [3.63, 3.8) is 0 Å². The molecule has 2 aromatic heterocycles. The van der Waals surface area contributed by atoms with Crippen LogP contribution in [-0.4, -0.2) is 35.7 Å². The topological polar surface area (TPSA) is 79.4 Å². The molecule has 7 nitrogen and oxygen atoms in total. The van der Waals surface area contributed by atoms with Gasteiger partial charge in [-0.25, -0.2) is 14.8 Å². The van der Waals surface area contributed by atoms with Gasteiger partial charge in [0.2, 0.25) is 5.88 Å². The second-order valence-corrected chi connectivity index (χ2v) is 5.78. The van der Waals surface area contributed by atoms with Gasteiger partial charge in [-0.05, 0) is 38.0 Å². The molecule has 2 aromatic rings. The minimum absolute atomic E-state index is 0.278. The van der Waals surface area contributed by atoms with Gasteiger partial charge in [-0.2, -0.15) is 0 Å². The number of amides is 2. The van der Waals surface area contributed by atoms with Gasteiger partial charge < -0.3 is 20.3 Å². The average Bonchev–Trinajstić information content (AvgIpc) is 3.16. The first-order valence-electron chi connectivity index (χ1n) is 8.59. The Morgan fingerprint density at radius 2 is 1.96 bits per heavy atom. The van der Waals surface area contributed by atoms with Crippen LogP contribution in [0.2, 0.25) is 0 Å². The summed E-state index contributed by atoms with van der Waals surface area (Å²) in [6.45, 7) is 4.72. The maximum atomic E-state index is 12.3. The second kappa shape index (κ2) is 8.32. The highest BCUT2D eigenvalue weighted by Gasteiger charge is 2.18. The molecular weight excluding hydrogens is 318 g/mol. The Bertz CT molecular complexity index is 716. The first kappa shape index (κ1) is 17.0. The molecule has 2 amide bonds. The molecule has 2 N–H and O–H groups in total. The summed E-state index contributed by atoms with van der Waals surface area (Å²) in [5, 5.41) is 5.74. The van der Waals surface area contributed by atoms with Crippen LogP contribution in [0.25, 0.3) is 0 Å². The molecule has 1 aliphatic heterocycles. The van der Waals surface area contributed by atoms with Crippen molar-refractivity contribution >= 4 is 17.5 Å². The molecule has 0 atom stereocenters. The molecule has 0 radical (unpaired) electrons. The van der Waals surface area contributed by atoms with Crippen LogP contribution < -0.4 is 20.3 Å². The Balaban J connectivity index is 1.62. The minimum Gasteiger partial charge on any atom is -0.478 e. The number of rotatable bonds is 6. The lowest BCUT2D eigenvalue weighted by Crippen LogP contribution is -2.30. The van der Waals surface area contributed by atoms with E-state index in [2.05, 4.69) is 25.5 Å². The van der Waals surface area contributed by atoms with Gasteiger partial charge in [0.1, 0.15) is 0 Å². The zero-order valence-electron chi connectivity index (χ0n) is 14.4. The molecule has 3 rings (SSSR count). The van der Waals surface area contributed by atoms with E-state index in [9.17, 15) is 4.79 Å². The fraction of sp³-hybridized carbons (Fsp3) is 0.389. The largest absolute Gasteiger partial charge is 0.478 e. The summed E-state index contributed by atoms with van der Waals surface area (Å²) in [7, 11) is 0. The molecule has 0 saturated carbocycles. The number of ether oxygens (including phenoxy) is 1. The van der Waals surface area contributed by atoms with Crippen molar-refractivity contribution in [3.8, 4) is 5.88 Å². The van der Waals surface area contributed by atoms with Gasteiger partial charge in [-0.3, -0.25) is 0 Å². The molecule has 7 heteroatoms. The monoisotopic (exact) mass is 341 g/mol. The molecule has 0 aliphatic carbocycles. The number of hydrogen-bond donors (Lipinski definition) is 2. The summed E-state index contributed by atoms with van der Waals surface area (Å²) in [6, 6.07) is 7.13. The number of carbonyl (C=O) groups is 1. The number of carbonyl (C=O) groups excluding carboxylic acids is 1. The Labute approximate surface area is 147 Å². The summed E-state index contributed by atoms with van der Waals surface area (Å²) in [4.78, 5) is 23.1. The van der Waals surface area contributed by atoms with Crippen LogP contribution in [0.4, 0.5) is 16.3 Å². The average molecular weight is 341 g/mol. The fourth-order valence-electron chi connectivity index (χ4n) is 2.84. The first-order valence-corrected chi connectivity index (χ1v) is 8.59. The molecule has 132 valence electrons. The van der Waals surface area contributed by atoms with Crippen molar-refractivity contribution in [2.24, 2.45) is 0 Å². The Kier molecular flexibility index (Phi) is 5.66. The predicted octanol–water partition coefficient (Wildman–Crippen LogP) is 2.80. The molecule has 1 aliphatic rings. The molecule has 0 aromatic carbocycles. The van der Waals surface area contributed by atoms with E-state index in [-0.39, 0.29) is 6.03 Å². The van der Waals surface area contributed by atoms with E-state index in [4.69, 9.17) is 4.74 Å². The minimum atomic E-state index is -0.278. The lowest BCUT2D eigenvalue weighted by molar-refractivity contribution is 0.251. The number of nitrogens with zero attached hydrogens (tertiary/aromatic N) is 3. The van der Waals surface area contributed by atoms with E-state index < -0.39 is 0 Å². The summed E-state index contributed by atoms with van der Waals surface area (Å²) in [6.07, 6.45) is 5.74. The van der Waals surface area contributed by atoms with E-state index in [0.29, 0.717) is 19.0 Å². The Morgan fingerprint density at radius 1 is 1.20 bits per heavy atom. The zero-order chi connectivity index (χ0) is 17.5. The summed E-state index contributed by atoms with van der Waals surface area (Å²) < 4.78 is 5.47. The maximum absolute atomic E-state index is 12.3. The third kappa shape index (κ3) is 4.37. The highest BCUT2D eigenvalue weighted by Crippen LogP contribution is 2.26. The molecule has 0 bridgehead atoms. The highest BCUT2D eigenvalue weighted by atomic mass is 16.5. The van der Waals surface area contributed by atoms with Crippen molar-refractivity contribution in [2.45, 2.75) is 26.3 Å². The van der Waals surface area contributed by atoms with E-state index in [1.54, 1.807) is 12.4 Å². The molecule has 0 unspecified atom stereocenters. The normalized spacial score (nSPS) is 13.6. The molecular formula is C18H23N5O2. The third-order valence-corrected chi connectivity index (χ3v) is 4.01. The van der Waals surface area contributed by atoms with Crippen LogP contribution in [0.1, 0.15) is 25.3 Å². The molecule has 1 fully saturated rings. The lowest BCUT2D eigenvalue weighted by atomic mass is 10.2. The number of hydrogen-bond acceptors (Lipinski definition) is 5. The molecule has 25 heavy (non-hydrogen) atoms. The number of nitrogens with one attached hydrogen (secondary N) is 2. The third-order valence-electron chi connectivity index (χ3n) is 4.01. The smallest absolute Gasteiger partial charge is 0.319 e. The standard InChI is InChI=1S/C18H23N5O2/c1-2-25-17-14(7-5-10-20-17)13-21-18(24)22-15-8-6-9-19-16(15)23-11-3-4-12-23/h5-10H,2-4,11-13H2,1H3,(H2,21,22,24). The van der Waals surface area contributed by atoms with Gasteiger partial charge in [0.15, 0.2) is 5.82 Å². The van der Waals surface area contributed by atoms with Crippen LogP contribution in [-0.2, 0) is 6.54 Å². The van der Waals surface area contributed by atoms with Crippen molar-refractivity contribution < 1.29 is 9.53 Å². The number of anilines is 2. The van der Waals surface area contributed by atoms with Crippen molar-refractivity contribution in [1.29, 1.82) is 0 Å². The lowest BCUT2D eigenvalue weighted by Gasteiger charge is -2.20. The van der Waals surface area contributed by atoms with Gasteiger partial charge in [0, 0.05) is 37.6 Å². The summed E-state index contributed by atoms with van der Waals surface area (Å²) in [5.41, 5.74) is 1.56. The van der Waals surface area contributed by atoms with Crippen LogP contribution >= 0.6 is 0 Å². The number of aromatic nitrogens is 2. The van der Waals surface area contributed by atoms with Crippen molar-refractivity contribution in [1.82, 2.24) is 15.3 Å². The quantitative estimate of drug-likeness (QED) is 0.844. The Morgan fingerprint density at radius 3 is 2.76 bits per heavy atom. The van der Waals surface area contributed by atoms with Gasteiger partial charge in [-0.1, -0.05) is 6.07 Å². The molecule has 0 spiro atoms. The predicted molar refractivity (Wildman–Crippen MR) is 96.9 cm³/mol. The van der Waals surface area contributed by atoms with Crippen LogP contribution in [0.3, 0.4) is 0 Å². The van der Waals surface area contributed by atoms with Crippen LogP contribution in [0.5, 0.6) is 5.88 Å². The van der Waals surface area contributed by atoms with Crippen LogP contribution in [0, 0.1) is 0 Å². The van der Waals surface area contributed by atoms with E-state index in [1.807, 2.05) is 31.2 Å². The van der Waals surface area contributed by atoms with Gasteiger partial charge in [0.05, 0.1) is 12.3 Å². The fourth-order valence-corrected chi connectivity index (χ4v) is 2.84. The van der Waals surface area contributed by atoms with Crippen LogP contribution in [0.15, 0.2) is 36.7 Å². The Hall–Kier alpha value is -2.83. The first-order chi connectivity index (χ1) is 12.3. The summed E-state index contributed by atoms with van der Waals surface area (Å²) in [5.74, 6) is 1.37. The van der Waals surface area contributed by atoms with Gasteiger partial charge >= 0.3 is 6.03 Å². The van der Waals surface area contributed by atoms with Crippen molar-refractivity contribution in [3.05, 3.63) is 42.2 Å². The number of urea groups is 1.